The molecule has 25 heavy (non-hydrogen) atoms. The van der Waals surface area contributed by atoms with Gasteiger partial charge in [0.15, 0.2) is 11.5 Å². The van der Waals surface area contributed by atoms with Crippen LogP contribution in [0.4, 0.5) is 0 Å². The number of para-hydroxylation sites is 1. The first-order chi connectivity index (χ1) is 11.8. The number of halogens is 2. The molecule has 2 aromatic carbocycles. The molecule has 0 heterocycles. The van der Waals surface area contributed by atoms with Crippen molar-refractivity contribution in [2.45, 2.75) is 18.2 Å². The van der Waals surface area contributed by atoms with Crippen molar-refractivity contribution in [2.24, 2.45) is 0 Å². The standard InChI is InChI=1S/C17H19Cl2NO4S/c1-11-9-16(14(19)10-13(11)18)25(21,22)20-8-7-12-5-4-6-15(23-2)17(12)24-3/h4-6,9-10,20H,7-8H2,1-3H3. The summed E-state index contributed by atoms with van der Waals surface area (Å²) in [5, 5.41) is 0.507. The van der Waals surface area contributed by atoms with Crippen molar-refractivity contribution in [1.29, 1.82) is 0 Å². The summed E-state index contributed by atoms with van der Waals surface area (Å²) in [7, 11) is -0.654. The Kier molecular flexibility index (Phi) is 6.57. The third-order valence-electron chi connectivity index (χ3n) is 3.67. The summed E-state index contributed by atoms with van der Waals surface area (Å²) in [5.41, 5.74) is 1.48. The molecule has 1 N–H and O–H groups in total. The first-order valence-corrected chi connectivity index (χ1v) is 9.69. The zero-order valence-corrected chi connectivity index (χ0v) is 16.4. The summed E-state index contributed by atoms with van der Waals surface area (Å²) in [6.45, 7) is 1.91. The Morgan fingerprint density at radius 3 is 2.44 bits per heavy atom. The maximum Gasteiger partial charge on any atom is 0.242 e. The lowest BCUT2D eigenvalue weighted by atomic mass is 10.1. The third-order valence-corrected chi connectivity index (χ3v) is 6.01. The highest BCUT2D eigenvalue weighted by Gasteiger charge is 2.19. The van der Waals surface area contributed by atoms with Crippen LogP contribution < -0.4 is 14.2 Å². The lowest BCUT2D eigenvalue weighted by molar-refractivity contribution is 0.351. The Morgan fingerprint density at radius 2 is 1.80 bits per heavy atom. The van der Waals surface area contributed by atoms with Crippen molar-refractivity contribution in [2.75, 3.05) is 20.8 Å². The second-order valence-corrected chi connectivity index (χ2v) is 7.88. The van der Waals surface area contributed by atoms with Crippen LogP contribution in [0, 0.1) is 6.92 Å². The van der Waals surface area contributed by atoms with Gasteiger partial charge in [-0.05, 0) is 42.7 Å². The summed E-state index contributed by atoms with van der Waals surface area (Å²) < 4.78 is 38.1. The summed E-state index contributed by atoms with van der Waals surface area (Å²) in [6, 6.07) is 8.35. The largest absolute Gasteiger partial charge is 0.493 e. The molecule has 0 aromatic heterocycles. The third kappa shape index (κ3) is 4.58. The number of hydrogen-bond acceptors (Lipinski definition) is 4. The van der Waals surface area contributed by atoms with Gasteiger partial charge in [0, 0.05) is 11.6 Å². The molecule has 2 rings (SSSR count). The number of rotatable bonds is 7. The van der Waals surface area contributed by atoms with Gasteiger partial charge in [-0.1, -0.05) is 35.3 Å². The molecule has 0 aliphatic carbocycles. The van der Waals surface area contributed by atoms with Crippen molar-refractivity contribution >= 4 is 33.2 Å². The Morgan fingerprint density at radius 1 is 1.08 bits per heavy atom. The Hall–Kier alpha value is -1.47. The molecule has 0 fully saturated rings. The van der Waals surface area contributed by atoms with Gasteiger partial charge >= 0.3 is 0 Å². The molecule has 5 nitrogen and oxygen atoms in total. The van der Waals surface area contributed by atoms with Crippen LogP contribution >= 0.6 is 23.2 Å². The van der Waals surface area contributed by atoms with Crippen LogP contribution in [0.15, 0.2) is 35.2 Å². The van der Waals surface area contributed by atoms with E-state index in [0.717, 1.165) is 5.56 Å². The fraction of sp³-hybridized carbons (Fsp3) is 0.294. The minimum atomic E-state index is -3.75. The summed E-state index contributed by atoms with van der Waals surface area (Å²) in [4.78, 5) is 0.00803. The van der Waals surface area contributed by atoms with Crippen LogP contribution in [-0.2, 0) is 16.4 Å². The lowest BCUT2D eigenvalue weighted by Crippen LogP contribution is -2.26. The van der Waals surface area contributed by atoms with Crippen LogP contribution in [0.3, 0.4) is 0 Å². The normalized spacial score (nSPS) is 11.4. The molecule has 2 aromatic rings. The minimum Gasteiger partial charge on any atom is -0.493 e. The fourth-order valence-electron chi connectivity index (χ4n) is 2.39. The van der Waals surface area contributed by atoms with Crippen LogP contribution in [0.5, 0.6) is 11.5 Å². The Bertz CT molecular complexity index is 869. The van der Waals surface area contributed by atoms with E-state index in [1.807, 2.05) is 12.1 Å². The highest BCUT2D eigenvalue weighted by Crippen LogP contribution is 2.31. The highest BCUT2D eigenvalue weighted by molar-refractivity contribution is 7.89. The van der Waals surface area contributed by atoms with Crippen LogP contribution in [0.25, 0.3) is 0 Å². The van der Waals surface area contributed by atoms with Gasteiger partial charge < -0.3 is 9.47 Å². The maximum absolute atomic E-state index is 12.5. The summed E-state index contributed by atoms with van der Waals surface area (Å²) in [5.74, 6) is 1.18. The molecule has 0 amide bonds. The van der Waals surface area contributed by atoms with E-state index in [9.17, 15) is 8.42 Å². The van der Waals surface area contributed by atoms with E-state index >= 15 is 0 Å². The topological polar surface area (TPSA) is 64.6 Å². The number of aryl methyl sites for hydroxylation is 1. The van der Waals surface area contributed by atoms with Gasteiger partial charge in [0.1, 0.15) is 4.90 Å². The molecule has 8 heteroatoms. The maximum atomic E-state index is 12.5. The summed E-state index contributed by atoms with van der Waals surface area (Å²) in [6.07, 6.45) is 0.434. The van der Waals surface area contributed by atoms with Gasteiger partial charge in [-0.3, -0.25) is 0 Å². The van der Waals surface area contributed by atoms with Gasteiger partial charge in [0.25, 0.3) is 0 Å². The number of hydrogen-bond donors (Lipinski definition) is 1. The molecular weight excluding hydrogens is 385 g/mol. The van der Waals surface area contributed by atoms with E-state index in [0.29, 0.717) is 28.5 Å². The van der Waals surface area contributed by atoms with Crippen LogP contribution in [0.1, 0.15) is 11.1 Å². The molecule has 0 saturated heterocycles. The van der Waals surface area contributed by atoms with E-state index in [1.54, 1.807) is 27.2 Å². The number of nitrogens with one attached hydrogen (secondary N) is 1. The van der Waals surface area contributed by atoms with E-state index in [1.165, 1.54) is 12.1 Å². The van der Waals surface area contributed by atoms with E-state index < -0.39 is 10.0 Å². The van der Waals surface area contributed by atoms with E-state index in [-0.39, 0.29) is 16.5 Å². The zero-order chi connectivity index (χ0) is 18.6. The lowest BCUT2D eigenvalue weighted by Gasteiger charge is -2.13. The monoisotopic (exact) mass is 403 g/mol. The van der Waals surface area contributed by atoms with E-state index in [4.69, 9.17) is 32.7 Å². The molecule has 136 valence electrons. The van der Waals surface area contributed by atoms with E-state index in [2.05, 4.69) is 4.72 Å². The average molecular weight is 404 g/mol. The van der Waals surface area contributed by atoms with Gasteiger partial charge in [-0.25, -0.2) is 13.1 Å². The van der Waals surface area contributed by atoms with Crippen molar-refractivity contribution in [3.63, 3.8) is 0 Å². The first-order valence-electron chi connectivity index (χ1n) is 7.45. The van der Waals surface area contributed by atoms with Crippen molar-refractivity contribution < 1.29 is 17.9 Å². The Labute approximate surface area is 157 Å². The molecule has 0 aliphatic rings. The molecular formula is C17H19Cl2NO4S. The minimum absolute atomic E-state index is 0.00803. The van der Waals surface area contributed by atoms with Crippen molar-refractivity contribution in [3.8, 4) is 11.5 Å². The van der Waals surface area contributed by atoms with Gasteiger partial charge in [-0.15, -0.1) is 0 Å². The number of sulfonamides is 1. The van der Waals surface area contributed by atoms with Crippen LogP contribution in [-0.4, -0.2) is 29.2 Å². The molecule has 0 spiro atoms. The van der Waals surface area contributed by atoms with Crippen molar-refractivity contribution in [3.05, 3.63) is 51.5 Å². The predicted molar refractivity (Wildman–Crippen MR) is 99.6 cm³/mol. The molecule has 0 atom stereocenters. The molecule has 0 radical (unpaired) electrons. The van der Waals surface area contributed by atoms with Crippen molar-refractivity contribution in [1.82, 2.24) is 4.72 Å². The zero-order valence-electron chi connectivity index (χ0n) is 14.1. The van der Waals surface area contributed by atoms with Gasteiger partial charge in [0.05, 0.1) is 19.2 Å². The Balaban J connectivity index is 2.15. The molecule has 0 unspecified atom stereocenters. The summed E-state index contributed by atoms with van der Waals surface area (Å²) >= 11 is 12.0. The second kappa shape index (κ2) is 8.27. The average Bonchev–Trinajstić information content (AvgIpc) is 2.57. The molecule has 0 aliphatic heterocycles. The SMILES string of the molecule is COc1cccc(CCNS(=O)(=O)c2cc(C)c(Cl)cc2Cl)c1OC. The van der Waals surface area contributed by atoms with Gasteiger partial charge in [-0.2, -0.15) is 0 Å². The highest BCUT2D eigenvalue weighted by atomic mass is 35.5. The number of methoxy groups -OCH3 is 2. The smallest absolute Gasteiger partial charge is 0.242 e. The second-order valence-electron chi connectivity index (χ2n) is 5.33. The number of benzene rings is 2. The predicted octanol–water partition coefficient (Wildman–Crippen LogP) is 3.84. The fourth-order valence-corrected chi connectivity index (χ4v) is 4.25. The number of ether oxygens (including phenoxy) is 2. The van der Waals surface area contributed by atoms with Gasteiger partial charge in [0.2, 0.25) is 10.0 Å². The molecule has 0 saturated carbocycles. The first kappa shape index (κ1) is 19.8. The van der Waals surface area contributed by atoms with Crippen LogP contribution in [0.2, 0.25) is 10.0 Å². The molecule has 0 bridgehead atoms. The quantitative estimate of drug-likeness (QED) is 0.762.